The van der Waals surface area contributed by atoms with E-state index >= 15 is 0 Å². The number of amides is 2. The fraction of sp³-hybridized carbons (Fsp3) is 0.846. The van der Waals surface area contributed by atoms with Gasteiger partial charge in [0.15, 0.2) is 0 Å². The largest absolute Gasteiger partial charge is 0.481 e. The molecule has 0 aliphatic heterocycles. The van der Waals surface area contributed by atoms with Crippen LogP contribution in [0.3, 0.4) is 0 Å². The Labute approximate surface area is 114 Å². The number of carboxylic acid groups (broad SMARTS) is 1. The fourth-order valence-corrected chi connectivity index (χ4v) is 2.03. The van der Waals surface area contributed by atoms with Gasteiger partial charge in [0.05, 0.1) is 5.92 Å². The Kier molecular flexibility index (Phi) is 5.17. The van der Waals surface area contributed by atoms with Gasteiger partial charge in [0.25, 0.3) is 0 Å². The summed E-state index contributed by atoms with van der Waals surface area (Å²) in [5.74, 6) is -1.08. The minimum Gasteiger partial charge on any atom is -0.481 e. The number of carboxylic acids is 1. The van der Waals surface area contributed by atoms with Crippen molar-refractivity contribution in [3.63, 3.8) is 0 Å². The number of hydrogen-bond donors (Lipinski definition) is 3. The smallest absolute Gasteiger partial charge is 0.315 e. The molecule has 6 nitrogen and oxygen atoms in total. The molecule has 0 saturated heterocycles. The second kappa shape index (κ2) is 6.23. The second-order valence-corrected chi connectivity index (χ2v) is 6.08. The highest BCUT2D eigenvalue weighted by Gasteiger charge is 2.30. The Balaban J connectivity index is 2.31. The van der Waals surface area contributed by atoms with Crippen LogP contribution in [0, 0.1) is 5.92 Å². The summed E-state index contributed by atoms with van der Waals surface area (Å²) < 4.78 is 0. The number of nitrogens with one attached hydrogen (secondary N) is 2. The third-order valence-corrected chi connectivity index (χ3v) is 4.01. The highest BCUT2D eigenvalue weighted by atomic mass is 16.4. The average molecular weight is 271 g/mol. The van der Waals surface area contributed by atoms with E-state index < -0.39 is 5.97 Å². The monoisotopic (exact) mass is 271 g/mol. The van der Waals surface area contributed by atoms with E-state index in [-0.39, 0.29) is 23.5 Å². The van der Waals surface area contributed by atoms with Gasteiger partial charge in [0.1, 0.15) is 0 Å². The SMILES string of the molecule is CN(C)C(C)(C)CNC(=O)NC1CCC(C(=O)O)C1. The summed E-state index contributed by atoms with van der Waals surface area (Å²) >= 11 is 0. The van der Waals surface area contributed by atoms with Crippen molar-refractivity contribution in [2.45, 2.75) is 44.7 Å². The van der Waals surface area contributed by atoms with Gasteiger partial charge in [0, 0.05) is 18.1 Å². The Morgan fingerprint density at radius 3 is 2.42 bits per heavy atom. The van der Waals surface area contributed by atoms with Crippen LogP contribution in [-0.2, 0) is 4.79 Å². The first-order chi connectivity index (χ1) is 8.72. The standard InChI is InChI=1S/C13H25N3O3/c1-13(2,16(3)4)8-14-12(19)15-10-6-5-9(7-10)11(17)18/h9-10H,5-8H2,1-4H3,(H,17,18)(H2,14,15,19). The summed E-state index contributed by atoms with van der Waals surface area (Å²) in [4.78, 5) is 24.6. The molecule has 1 rings (SSSR count). The van der Waals surface area contributed by atoms with Crippen molar-refractivity contribution in [3.8, 4) is 0 Å². The summed E-state index contributed by atoms with van der Waals surface area (Å²) in [5, 5.41) is 14.6. The van der Waals surface area contributed by atoms with E-state index in [1.54, 1.807) is 0 Å². The van der Waals surface area contributed by atoms with Gasteiger partial charge in [-0.1, -0.05) is 0 Å². The Bertz CT molecular complexity index is 342. The van der Waals surface area contributed by atoms with E-state index in [0.29, 0.717) is 19.4 Å². The number of urea groups is 1. The molecule has 0 heterocycles. The number of nitrogens with zero attached hydrogens (tertiary/aromatic N) is 1. The first-order valence-corrected chi connectivity index (χ1v) is 6.67. The minimum absolute atomic E-state index is 0.0245. The van der Waals surface area contributed by atoms with Crippen LogP contribution < -0.4 is 10.6 Å². The molecule has 0 spiro atoms. The van der Waals surface area contributed by atoms with Gasteiger partial charge in [0.2, 0.25) is 0 Å². The summed E-state index contributed by atoms with van der Waals surface area (Å²) in [7, 11) is 3.93. The van der Waals surface area contributed by atoms with E-state index in [1.807, 2.05) is 32.8 Å². The van der Waals surface area contributed by atoms with Crippen LogP contribution in [0.5, 0.6) is 0 Å². The predicted octanol–water partition coefficient (Wildman–Crippen LogP) is 0.879. The summed E-state index contributed by atoms with van der Waals surface area (Å²) in [6.45, 7) is 4.63. The zero-order valence-electron chi connectivity index (χ0n) is 12.2. The minimum atomic E-state index is -0.765. The fourth-order valence-electron chi connectivity index (χ4n) is 2.03. The Morgan fingerprint density at radius 2 is 1.95 bits per heavy atom. The zero-order valence-corrected chi connectivity index (χ0v) is 12.2. The normalized spacial score (nSPS) is 23.4. The molecule has 3 N–H and O–H groups in total. The molecular weight excluding hydrogens is 246 g/mol. The lowest BCUT2D eigenvalue weighted by Gasteiger charge is -2.32. The molecule has 1 aliphatic carbocycles. The van der Waals surface area contributed by atoms with Crippen molar-refractivity contribution in [1.82, 2.24) is 15.5 Å². The van der Waals surface area contributed by atoms with Crippen LogP contribution in [0.25, 0.3) is 0 Å². The lowest BCUT2D eigenvalue weighted by molar-refractivity contribution is -0.141. The topological polar surface area (TPSA) is 81.7 Å². The van der Waals surface area contributed by atoms with Crippen LogP contribution in [-0.4, -0.2) is 54.2 Å². The zero-order chi connectivity index (χ0) is 14.6. The molecule has 2 unspecified atom stereocenters. The highest BCUT2D eigenvalue weighted by molar-refractivity contribution is 5.75. The molecule has 0 bridgehead atoms. The van der Waals surface area contributed by atoms with E-state index in [0.717, 1.165) is 6.42 Å². The van der Waals surface area contributed by atoms with Gasteiger partial charge >= 0.3 is 12.0 Å². The summed E-state index contributed by atoms with van der Waals surface area (Å²) in [6, 6.07) is -0.241. The molecule has 6 heteroatoms. The van der Waals surface area contributed by atoms with E-state index in [1.165, 1.54) is 0 Å². The van der Waals surface area contributed by atoms with E-state index in [4.69, 9.17) is 5.11 Å². The quantitative estimate of drug-likeness (QED) is 0.693. The molecular formula is C13H25N3O3. The Hall–Kier alpha value is -1.30. The molecule has 110 valence electrons. The summed E-state index contributed by atoms with van der Waals surface area (Å²) in [5.41, 5.74) is -0.114. The molecule has 1 saturated carbocycles. The number of carbonyl (C=O) groups is 2. The van der Waals surface area contributed by atoms with Gasteiger partial charge in [-0.05, 0) is 47.2 Å². The number of hydrogen-bond acceptors (Lipinski definition) is 3. The average Bonchev–Trinajstić information content (AvgIpc) is 2.75. The van der Waals surface area contributed by atoms with Gasteiger partial charge in [-0.15, -0.1) is 0 Å². The predicted molar refractivity (Wildman–Crippen MR) is 73.1 cm³/mol. The molecule has 0 aromatic carbocycles. The van der Waals surface area contributed by atoms with Crippen LogP contribution >= 0.6 is 0 Å². The van der Waals surface area contributed by atoms with E-state index in [2.05, 4.69) is 10.6 Å². The van der Waals surface area contributed by atoms with Gasteiger partial charge in [-0.3, -0.25) is 4.79 Å². The molecule has 2 atom stereocenters. The van der Waals surface area contributed by atoms with Crippen LogP contribution in [0.15, 0.2) is 0 Å². The van der Waals surface area contributed by atoms with Gasteiger partial charge in [-0.25, -0.2) is 4.79 Å². The third kappa shape index (κ3) is 4.70. The maximum absolute atomic E-state index is 11.8. The van der Waals surface area contributed by atoms with Crippen LogP contribution in [0.1, 0.15) is 33.1 Å². The molecule has 19 heavy (non-hydrogen) atoms. The van der Waals surface area contributed by atoms with Gasteiger partial charge in [-0.2, -0.15) is 0 Å². The van der Waals surface area contributed by atoms with Crippen molar-refractivity contribution in [1.29, 1.82) is 0 Å². The van der Waals surface area contributed by atoms with Gasteiger partial charge < -0.3 is 20.6 Å². The molecule has 0 aromatic rings. The second-order valence-electron chi connectivity index (χ2n) is 6.08. The lowest BCUT2D eigenvalue weighted by atomic mass is 10.0. The number of aliphatic carboxylic acids is 1. The number of rotatable bonds is 5. The van der Waals surface area contributed by atoms with E-state index in [9.17, 15) is 9.59 Å². The Morgan fingerprint density at radius 1 is 1.32 bits per heavy atom. The van der Waals surface area contributed by atoms with Crippen molar-refractivity contribution < 1.29 is 14.7 Å². The highest BCUT2D eigenvalue weighted by Crippen LogP contribution is 2.25. The number of carbonyl (C=O) groups excluding carboxylic acids is 1. The number of likely N-dealkylation sites (N-methyl/N-ethyl adjacent to an activating group) is 1. The third-order valence-electron chi connectivity index (χ3n) is 4.01. The van der Waals surface area contributed by atoms with Crippen molar-refractivity contribution in [3.05, 3.63) is 0 Å². The molecule has 1 fully saturated rings. The molecule has 2 amide bonds. The molecule has 0 radical (unpaired) electrons. The van der Waals surface area contributed by atoms with Crippen molar-refractivity contribution in [2.75, 3.05) is 20.6 Å². The lowest BCUT2D eigenvalue weighted by Crippen LogP contribution is -2.51. The summed E-state index contributed by atoms with van der Waals surface area (Å²) in [6.07, 6.45) is 1.91. The van der Waals surface area contributed by atoms with Crippen molar-refractivity contribution >= 4 is 12.0 Å². The van der Waals surface area contributed by atoms with Crippen LogP contribution in [0.4, 0.5) is 4.79 Å². The maximum atomic E-state index is 11.8. The first-order valence-electron chi connectivity index (χ1n) is 6.67. The first kappa shape index (κ1) is 15.8. The van der Waals surface area contributed by atoms with Crippen LogP contribution in [0.2, 0.25) is 0 Å². The molecule has 1 aliphatic rings. The maximum Gasteiger partial charge on any atom is 0.315 e. The molecule has 0 aromatic heterocycles. The van der Waals surface area contributed by atoms with Crippen molar-refractivity contribution in [2.24, 2.45) is 5.92 Å².